The molecule has 0 aliphatic carbocycles. The van der Waals surface area contributed by atoms with Crippen LogP contribution in [0.4, 0.5) is 0 Å². The first-order valence-corrected chi connectivity index (χ1v) is 7.06. The molecule has 5 heteroatoms. The van der Waals surface area contributed by atoms with Gasteiger partial charge in [-0.2, -0.15) is 0 Å². The minimum Gasteiger partial charge on any atom is -0.496 e. The summed E-state index contributed by atoms with van der Waals surface area (Å²) in [5.74, 6) is -0.664. The third-order valence-corrected chi connectivity index (χ3v) is 3.66. The predicted molar refractivity (Wildman–Crippen MR) is 79.9 cm³/mol. The topological polar surface area (TPSA) is 61.8 Å². The molecule has 0 spiro atoms. The molecule has 1 aliphatic heterocycles. The second-order valence-electron chi connectivity index (χ2n) is 5.28. The quantitative estimate of drug-likeness (QED) is 0.816. The smallest absolute Gasteiger partial charge is 0.347 e. The zero-order valence-electron chi connectivity index (χ0n) is 12.4. The lowest BCUT2D eigenvalue weighted by atomic mass is 10.1. The predicted octanol–water partition coefficient (Wildman–Crippen LogP) is 2.71. The van der Waals surface area contributed by atoms with Crippen LogP contribution in [0.3, 0.4) is 0 Å². The Hall–Kier alpha value is -2.56. The molecule has 114 valence electrons. The Morgan fingerprint density at radius 3 is 2.50 bits per heavy atom. The lowest BCUT2D eigenvalue weighted by molar-refractivity contribution is -0.147. The van der Waals surface area contributed by atoms with Crippen LogP contribution in [-0.4, -0.2) is 31.3 Å². The molecule has 1 aliphatic rings. The average molecular weight is 300 g/mol. The van der Waals surface area contributed by atoms with Gasteiger partial charge in [0.2, 0.25) is 6.10 Å². The molecular formula is C17H16O5. The highest BCUT2D eigenvalue weighted by Gasteiger charge is 2.35. The number of methoxy groups -OCH3 is 1. The Morgan fingerprint density at radius 1 is 1.23 bits per heavy atom. The van der Waals surface area contributed by atoms with Crippen molar-refractivity contribution < 1.29 is 23.8 Å². The number of carbonyl (C=O) groups is 2. The second-order valence-corrected chi connectivity index (χ2v) is 5.28. The van der Waals surface area contributed by atoms with Crippen molar-refractivity contribution in [2.75, 3.05) is 7.11 Å². The van der Waals surface area contributed by atoms with Crippen LogP contribution >= 0.6 is 0 Å². The van der Waals surface area contributed by atoms with E-state index in [0.29, 0.717) is 17.7 Å². The summed E-state index contributed by atoms with van der Waals surface area (Å²) in [7, 11) is 1.49. The Labute approximate surface area is 127 Å². The van der Waals surface area contributed by atoms with Gasteiger partial charge in [-0.05, 0) is 29.8 Å². The van der Waals surface area contributed by atoms with Gasteiger partial charge in [0.25, 0.3) is 0 Å². The van der Waals surface area contributed by atoms with E-state index in [2.05, 4.69) is 0 Å². The number of ether oxygens (including phenoxy) is 3. The van der Waals surface area contributed by atoms with Crippen molar-refractivity contribution in [2.45, 2.75) is 25.6 Å². The van der Waals surface area contributed by atoms with Crippen LogP contribution in [0, 0.1) is 0 Å². The average Bonchev–Trinajstić information content (AvgIpc) is 2.83. The Kier molecular flexibility index (Phi) is 3.71. The van der Waals surface area contributed by atoms with Crippen molar-refractivity contribution >= 4 is 22.7 Å². The molecule has 0 amide bonds. The summed E-state index contributed by atoms with van der Waals surface area (Å²) >= 11 is 0. The van der Waals surface area contributed by atoms with Gasteiger partial charge >= 0.3 is 11.9 Å². The van der Waals surface area contributed by atoms with Gasteiger partial charge in [-0.3, -0.25) is 0 Å². The molecule has 0 radical (unpaired) electrons. The highest BCUT2D eigenvalue weighted by atomic mass is 16.6. The molecule has 5 nitrogen and oxygen atoms in total. The van der Waals surface area contributed by atoms with Crippen molar-refractivity contribution in [1.29, 1.82) is 0 Å². The SMILES string of the molecule is COc1cc2ccccc2cc1C(=O)O[C@H]1C[C@H](C)OC1=O. The standard InChI is InChI=1S/C17H16O5/c1-10-7-15(17(19)21-10)22-16(18)13-8-11-5-3-4-6-12(11)9-14(13)20-2/h3-6,8-10,15H,7H2,1-2H3/t10-,15-/m0/s1. The number of rotatable bonds is 3. The van der Waals surface area contributed by atoms with Crippen molar-refractivity contribution in [3.63, 3.8) is 0 Å². The van der Waals surface area contributed by atoms with Crippen LogP contribution in [0.2, 0.25) is 0 Å². The molecule has 0 aromatic heterocycles. The Balaban J connectivity index is 1.91. The van der Waals surface area contributed by atoms with Crippen molar-refractivity contribution in [1.82, 2.24) is 0 Å². The highest BCUT2D eigenvalue weighted by Crippen LogP contribution is 2.28. The van der Waals surface area contributed by atoms with Crippen LogP contribution in [-0.2, 0) is 14.3 Å². The number of fused-ring (bicyclic) bond motifs is 1. The van der Waals surface area contributed by atoms with Crippen LogP contribution in [0.5, 0.6) is 5.75 Å². The number of hydrogen-bond donors (Lipinski definition) is 0. The third kappa shape index (κ3) is 2.62. The maximum absolute atomic E-state index is 12.4. The van der Waals surface area contributed by atoms with Gasteiger partial charge in [0.05, 0.1) is 7.11 Å². The molecule has 1 heterocycles. The number of benzene rings is 2. The molecule has 2 atom stereocenters. The molecule has 0 unspecified atom stereocenters. The highest BCUT2D eigenvalue weighted by molar-refractivity contribution is 5.99. The lowest BCUT2D eigenvalue weighted by Crippen LogP contribution is -2.23. The Bertz CT molecular complexity index is 737. The van der Waals surface area contributed by atoms with Gasteiger partial charge in [-0.25, -0.2) is 9.59 Å². The molecule has 0 bridgehead atoms. The monoisotopic (exact) mass is 300 g/mol. The van der Waals surface area contributed by atoms with Crippen LogP contribution < -0.4 is 4.74 Å². The largest absolute Gasteiger partial charge is 0.496 e. The van der Waals surface area contributed by atoms with E-state index in [4.69, 9.17) is 14.2 Å². The fraction of sp³-hybridized carbons (Fsp3) is 0.294. The summed E-state index contributed by atoms with van der Waals surface area (Å²) in [5.41, 5.74) is 0.300. The summed E-state index contributed by atoms with van der Waals surface area (Å²) in [5, 5.41) is 1.86. The molecule has 1 saturated heterocycles. The number of cyclic esters (lactones) is 1. The van der Waals surface area contributed by atoms with Gasteiger partial charge < -0.3 is 14.2 Å². The summed E-state index contributed by atoms with van der Waals surface area (Å²) in [6.07, 6.45) is -0.706. The molecular weight excluding hydrogens is 284 g/mol. The number of hydrogen-bond acceptors (Lipinski definition) is 5. The molecule has 2 aromatic rings. The van der Waals surface area contributed by atoms with E-state index in [0.717, 1.165) is 10.8 Å². The van der Waals surface area contributed by atoms with E-state index < -0.39 is 18.0 Å². The molecule has 0 N–H and O–H groups in total. The second kappa shape index (κ2) is 5.67. The van der Waals surface area contributed by atoms with Gasteiger partial charge in [0.1, 0.15) is 17.4 Å². The lowest BCUT2D eigenvalue weighted by Gasteiger charge is -2.12. The molecule has 3 rings (SSSR count). The van der Waals surface area contributed by atoms with Gasteiger partial charge in [-0.15, -0.1) is 0 Å². The molecule has 0 saturated carbocycles. The fourth-order valence-electron chi connectivity index (χ4n) is 2.56. The van der Waals surface area contributed by atoms with E-state index in [1.165, 1.54) is 7.11 Å². The van der Waals surface area contributed by atoms with Gasteiger partial charge in [0, 0.05) is 6.42 Å². The minimum absolute atomic E-state index is 0.233. The van der Waals surface area contributed by atoms with E-state index in [1.54, 1.807) is 19.1 Å². The Morgan fingerprint density at radius 2 is 1.91 bits per heavy atom. The van der Waals surface area contributed by atoms with E-state index in [-0.39, 0.29) is 6.10 Å². The minimum atomic E-state index is -0.848. The van der Waals surface area contributed by atoms with Gasteiger partial charge in [-0.1, -0.05) is 24.3 Å². The normalized spacial score (nSPS) is 20.7. The summed E-state index contributed by atoms with van der Waals surface area (Å²) in [4.78, 5) is 24.0. The number of carbonyl (C=O) groups excluding carboxylic acids is 2. The summed E-state index contributed by atoms with van der Waals surface area (Å²) in [6, 6.07) is 11.1. The molecule has 1 fully saturated rings. The first-order chi connectivity index (χ1) is 10.6. The van der Waals surface area contributed by atoms with Crippen molar-refractivity contribution in [2.24, 2.45) is 0 Å². The van der Waals surface area contributed by atoms with E-state index in [1.807, 2.05) is 24.3 Å². The van der Waals surface area contributed by atoms with E-state index in [9.17, 15) is 9.59 Å². The first kappa shape index (κ1) is 14.4. The van der Waals surface area contributed by atoms with Crippen molar-refractivity contribution in [3.8, 4) is 5.75 Å². The summed E-state index contributed by atoms with van der Waals surface area (Å²) in [6.45, 7) is 1.77. The zero-order valence-corrected chi connectivity index (χ0v) is 12.4. The number of esters is 2. The van der Waals surface area contributed by atoms with E-state index >= 15 is 0 Å². The molecule has 22 heavy (non-hydrogen) atoms. The first-order valence-electron chi connectivity index (χ1n) is 7.06. The summed E-state index contributed by atoms with van der Waals surface area (Å²) < 4.78 is 15.5. The maximum Gasteiger partial charge on any atom is 0.347 e. The van der Waals surface area contributed by atoms with Crippen LogP contribution in [0.1, 0.15) is 23.7 Å². The van der Waals surface area contributed by atoms with Crippen LogP contribution in [0.25, 0.3) is 10.8 Å². The maximum atomic E-state index is 12.4. The zero-order chi connectivity index (χ0) is 15.7. The molecule has 2 aromatic carbocycles. The van der Waals surface area contributed by atoms with Crippen molar-refractivity contribution in [3.05, 3.63) is 42.0 Å². The van der Waals surface area contributed by atoms with Gasteiger partial charge in [0.15, 0.2) is 0 Å². The fourth-order valence-corrected chi connectivity index (χ4v) is 2.56. The third-order valence-electron chi connectivity index (χ3n) is 3.66. The van der Waals surface area contributed by atoms with Crippen LogP contribution in [0.15, 0.2) is 36.4 Å².